The standard InChI is InChI=1S/C18H15N3/c1-12-7-8-15(9-13(12)2)20-18-10-14(11-19)16-5-3-4-6-17(16)21-18/h3-10H,1-2H3,(H,20,21). The van der Waals surface area contributed by atoms with Crippen molar-refractivity contribution < 1.29 is 0 Å². The Hall–Kier alpha value is -2.86. The van der Waals surface area contributed by atoms with Gasteiger partial charge in [0.15, 0.2) is 0 Å². The first-order valence-electron chi connectivity index (χ1n) is 6.81. The SMILES string of the molecule is Cc1ccc(Nc2cc(C#N)c3ccccc3n2)cc1C. The van der Waals surface area contributed by atoms with Gasteiger partial charge >= 0.3 is 0 Å². The molecule has 3 nitrogen and oxygen atoms in total. The molecule has 0 atom stereocenters. The maximum atomic E-state index is 9.30. The van der Waals surface area contributed by atoms with Crippen molar-refractivity contribution >= 4 is 22.4 Å². The van der Waals surface area contributed by atoms with Gasteiger partial charge in [0.25, 0.3) is 0 Å². The topological polar surface area (TPSA) is 48.7 Å². The third-order valence-corrected chi connectivity index (χ3v) is 3.62. The number of para-hydroxylation sites is 1. The average molecular weight is 273 g/mol. The lowest BCUT2D eigenvalue weighted by Crippen LogP contribution is -1.96. The van der Waals surface area contributed by atoms with E-state index in [9.17, 15) is 5.26 Å². The van der Waals surface area contributed by atoms with Gasteiger partial charge in [-0.2, -0.15) is 5.26 Å². The molecule has 0 aliphatic carbocycles. The van der Waals surface area contributed by atoms with E-state index < -0.39 is 0 Å². The number of anilines is 2. The summed E-state index contributed by atoms with van der Waals surface area (Å²) in [5, 5.41) is 13.5. The van der Waals surface area contributed by atoms with Crippen molar-refractivity contribution in [2.45, 2.75) is 13.8 Å². The molecule has 0 amide bonds. The van der Waals surface area contributed by atoms with Gasteiger partial charge in [-0.15, -0.1) is 0 Å². The highest BCUT2D eigenvalue weighted by Gasteiger charge is 2.05. The van der Waals surface area contributed by atoms with Crippen molar-refractivity contribution in [1.82, 2.24) is 4.98 Å². The van der Waals surface area contributed by atoms with Crippen LogP contribution in [0.15, 0.2) is 48.5 Å². The number of hydrogen-bond donors (Lipinski definition) is 1. The molecule has 0 fully saturated rings. The molecule has 1 N–H and O–H groups in total. The van der Waals surface area contributed by atoms with Gasteiger partial charge in [0.2, 0.25) is 0 Å². The number of hydrogen-bond acceptors (Lipinski definition) is 3. The maximum Gasteiger partial charge on any atom is 0.132 e. The Kier molecular flexibility index (Phi) is 3.29. The van der Waals surface area contributed by atoms with Gasteiger partial charge in [0, 0.05) is 11.1 Å². The Morgan fingerprint density at radius 2 is 1.81 bits per heavy atom. The van der Waals surface area contributed by atoms with Crippen molar-refractivity contribution in [3.05, 3.63) is 65.2 Å². The number of rotatable bonds is 2. The van der Waals surface area contributed by atoms with Gasteiger partial charge < -0.3 is 5.32 Å². The summed E-state index contributed by atoms with van der Waals surface area (Å²) in [6.07, 6.45) is 0. The molecule has 0 saturated carbocycles. The number of pyridine rings is 1. The van der Waals surface area contributed by atoms with E-state index in [1.54, 1.807) is 6.07 Å². The summed E-state index contributed by atoms with van der Waals surface area (Å²) in [7, 11) is 0. The minimum absolute atomic E-state index is 0.631. The number of nitrogens with zero attached hydrogens (tertiary/aromatic N) is 2. The fourth-order valence-electron chi connectivity index (χ4n) is 2.30. The van der Waals surface area contributed by atoms with Gasteiger partial charge in [0.1, 0.15) is 5.82 Å². The lowest BCUT2D eigenvalue weighted by Gasteiger charge is -2.09. The van der Waals surface area contributed by atoms with E-state index in [1.165, 1.54) is 11.1 Å². The molecule has 0 unspecified atom stereocenters. The number of aryl methyl sites for hydroxylation is 2. The molecule has 2 aromatic carbocycles. The van der Waals surface area contributed by atoms with Crippen molar-refractivity contribution in [3.63, 3.8) is 0 Å². The van der Waals surface area contributed by atoms with Gasteiger partial charge in [-0.1, -0.05) is 24.3 Å². The molecule has 1 aromatic heterocycles. The average Bonchev–Trinajstić information content (AvgIpc) is 2.50. The predicted molar refractivity (Wildman–Crippen MR) is 85.7 cm³/mol. The molecule has 0 bridgehead atoms. The van der Waals surface area contributed by atoms with Crippen LogP contribution in [-0.2, 0) is 0 Å². The smallest absolute Gasteiger partial charge is 0.132 e. The molecule has 0 saturated heterocycles. The second-order valence-corrected chi connectivity index (χ2v) is 5.11. The van der Waals surface area contributed by atoms with E-state index in [0.29, 0.717) is 11.4 Å². The summed E-state index contributed by atoms with van der Waals surface area (Å²) in [5.41, 5.74) is 4.91. The highest BCUT2D eigenvalue weighted by atomic mass is 15.0. The molecule has 1 heterocycles. The van der Waals surface area contributed by atoms with Crippen LogP contribution in [-0.4, -0.2) is 4.98 Å². The largest absolute Gasteiger partial charge is 0.340 e. The van der Waals surface area contributed by atoms with E-state index in [-0.39, 0.29) is 0 Å². The van der Waals surface area contributed by atoms with Gasteiger partial charge in [-0.05, 0) is 49.2 Å². The van der Waals surface area contributed by atoms with Crippen LogP contribution in [0, 0.1) is 25.2 Å². The van der Waals surface area contributed by atoms with E-state index in [0.717, 1.165) is 16.6 Å². The minimum atomic E-state index is 0.631. The first kappa shape index (κ1) is 13.1. The number of fused-ring (bicyclic) bond motifs is 1. The quantitative estimate of drug-likeness (QED) is 0.749. The highest BCUT2D eigenvalue weighted by molar-refractivity contribution is 5.86. The molecular formula is C18H15N3. The second-order valence-electron chi connectivity index (χ2n) is 5.11. The van der Waals surface area contributed by atoms with Gasteiger partial charge in [-0.3, -0.25) is 0 Å². The summed E-state index contributed by atoms with van der Waals surface area (Å²) >= 11 is 0. The molecule has 3 aromatic rings. The van der Waals surface area contributed by atoms with Crippen LogP contribution < -0.4 is 5.32 Å². The Balaban J connectivity index is 2.04. The Bertz CT molecular complexity index is 860. The minimum Gasteiger partial charge on any atom is -0.340 e. The predicted octanol–water partition coefficient (Wildman–Crippen LogP) is 4.47. The normalized spacial score (nSPS) is 10.3. The van der Waals surface area contributed by atoms with E-state index in [1.807, 2.05) is 30.3 Å². The third kappa shape index (κ3) is 2.56. The molecule has 0 aliphatic rings. The van der Waals surface area contributed by atoms with Crippen molar-refractivity contribution in [3.8, 4) is 6.07 Å². The fourth-order valence-corrected chi connectivity index (χ4v) is 2.30. The molecular weight excluding hydrogens is 258 g/mol. The number of aromatic nitrogens is 1. The molecule has 0 radical (unpaired) electrons. The molecule has 21 heavy (non-hydrogen) atoms. The van der Waals surface area contributed by atoms with Crippen molar-refractivity contribution in [2.75, 3.05) is 5.32 Å². The monoisotopic (exact) mass is 273 g/mol. The Labute approximate surface area is 123 Å². The van der Waals surface area contributed by atoms with Crippen molar-refractivity contribution in [2.24, 2.45) is 0 Å². The molecule has 0 aliphatic heterocycles. The molecule has 3 rings (SSSR count). The number of nitriles is 1. The summed E-state index contributed by atoms with van der Waals surface area (Å²) in [5.74, 6) is 0.688. The summed E-state index contributed by atoms with van der Waals surface area (Å²) < 4.78 is 0. The van der Waals surface area contributed by atoms with Gasteiger partial charge in [0.05, 0.1) is 17.1 Å². The van der Waals surface area contributed by atoms with Crippen molar-refractivity contribution in [1.29, 1.82) is 5.26 Å². The lowest BCUT2D eigenvalue weighted by atomic mass is 10.1. The first-order chi connectivity index (χ1) is 10.2. The van der Waals surface area contributed by atoms with Crippen LogP contribution in [0.3, 0.4) is 0 Å². The second kappa shape index (κ2) is 5.26. The number of nitrogens with one attached hydrogen (secondary N) is 1. The summed E-state index contributed by atoms with van der Waals surface area (Å²) in [6, 6.07) is 17.9. The third-order valence-electron chi connectivity index (χ3n) is 3.62. The van der Waals surface area contributed by atoms with Gasteiger partial charge in [-0.25, -0.2) is 4.98 Å². The van der Waals surface area contributed by atoms with E-state index in [4.69, 9.17) is 0 Å². The molecule has 0 spiro atoms. The van der Waals surface area contributed by atoms with Crippen LogP contribution in [0.2, 0.25) is 0 Å². The molecule has 102 valence electrons. The maximum absolute atomic E-state index is 9.30. The van der Waals surface area contributed by atoms with Crippen LogP contribution in [0.4, 0.5) is 11.5 Å². The lowest BCUT2D eigenvalue weighted by molar-refractivity contribution is 1.31. The van der Waals surface area contributed by atoms with Crippen LogP contribution >= 0.6 is 0 Å². The summed E-state index contributed by atoms with van der Waals surface area (Å²) in [6.45, 7) is 4.16. The van der Waals surface area contributed by atoms with Crippen LogP contribution in [0.1, 0.15) is 16.7 Å². The zero-order valence-electron chi connectivity index (χ0n) is 12.0. The highest BCUT2D eigenvalue weighted by Crippen LogP contribution is 2.23. The number of benzene rings is 2. The zero-order chi connectivity index (χ0) is 14.8. The van der Waals surface area contributed by atoms with E-state index >= 15 is 0 Å². The molecule has 3 heteroatoms. The first-order valence-corrected chi connectivity index (χ1v) is 6.81. The van der Waals surface area contributed by atoms with E-state index in [2.05, 4.69) is 42.4 Å². The Morgan fingerprint density at radius 3 is 2.57 bits per heavy atom. The summed E-state index contributed by atoms with van der Waals surface area (Å²) in [4.78, 5) is 4.57. The zero-order valence-corrected chi connectivity index (χ0v) is 12.0. The van der Waals surface area contributed by atoms with Crippen LogP contribution in [0.25, 0.3) is 10.9 Å². The Morgan fingerprint density at radius 1 is 1.00 bits per heavy atom. The fraction of sp³-hybridized carbons (Fsp3) is 0.111. The van der Waals surface area contributed by atoms with Crippen LogP contribution in [0.5, 0.6) is 0 Å².